The second kappa shape index (κ2) is 11.6. The van der Waals surface area contributed by atoms with Crippen LogP contribution in [0.1, 0.15) is 31.9 Å². The molecule has 202 valence electrons. The highest BCUT2D eigenvalue weighted by Crippen LogP contribution is 2.38. The van der Waals surface area contributed by atoms with Crippen LogP contribution in [0.4, 0.5) is 0 Å². The van der Waals surface area contributed by atoms with Gasteiger partial charge in [-0.3, -0.25) is 4.68 Å². The molecule has 1 atom stereocenters. The second-order valence-electron chi connectivity index (χ2n) is 10.7. The van der Waals surface area contributed by atoms with Crippen LogP contribution in [0.2, 0.25) is 33.5 Å². The van der Waals surface area contributed by atoms with E-state index in [9.17, 15) is 0 Å². The molecule has 0 fully saturated rings. The number of aromatic nitrogens is 4. The molecule has 2 heterocycles. The van der Waals surface area contributed by atoms with E-state index < -0.39 is 8.32 Å². The lowest BCUT2D eigenvalue weighted by atomic mass is 10.1. The van der Waals surface area contributed by atoms with E-state index in [1.807, 2.05) is 40.1 Å². The van der Waals surface area contributed by atoms with Gasteiger partial charge in [0.05, 0.1) is 22.5 Å². The number of hydrogen-bond donors (Lipinski definition) is 1. The van der Waals surface area contributed by atoms with Crippen molar-refractivity contribution in [1.82, 2.24) is 25.1 Å². The van der Waals surface area contributed by atoms with Crippen molar-refractivity contribution in [3.63, 3.8) is 0 Å². The number of aryl methyl sites for hydroxylation is 1. The molecule has 3 rings (SSSR count). The summed E-state index contributed by atoms with van der Waals surface area (Å²) in [5.41, 5.74) is 3.58. The highest BCUT2D eigenvalue weighted by Gasteiger charge is 2.39. The lowest BCUT2D eigenvalue weighted by Gasteiger charge is -2.39. The largest absolute Gasteiger partial charge is 0.491 e. The van der Waals surface area contributed by atoms with E-state index in [-0.39, 0.29) is 11.1 Å². The zero-order valence-corrected chi connectivity index (χ0v) is 26.2. The molecule has 0 radical (unpaired) electrons. The first-order valence-electron chi connectivity index (χ1n) is 12.1. The summed E-state index contributed by atoms with van der Waals surface area (Å²) in [5, 5.41) is 8.85. The molecular weight excluding hydrogens is 549 g/mol. The summed E-state index contributed by atoms with van der Waals surface area (Å²) in [6.07, 6.45) is -0.0979. The van der Waals surface area contributed by atoms with Crippen LogP contribution >= 0.6 is 34.8 Å². The fraction of sp³-hybridized carbons (Fsp3) is 0.500. The van der Waals surface area contributed by atoms with Gasteiger partial charge in [0.25, 0.3) is 0 Å². The third kappa shape index (κ3) is 6.67. The van der Waals surface area contributed by atoms with Gasteiger partial charge in [0.15, 0.2) is 19.3 Å². The quantitative estimate of drug-likeness (QED) is 0.213. The number of halogens is 3. The first-order valence-corrected chi connectivity index (χ1v) is 16.2. The SMILES string of the molecule is CNC[C@H](COc1ccc(Cl)c(-c2nc(Cl)c(C)c(-c3c(C)c(Cl)nn3C)n2)c1)O[Si](C)(C)C(C)(C)C. The number of ether oxygens (including phenoxy) is 1. The minimum Gasteiger partial charge on any atom is -0.491 e. The molecule has 37 heavy (non-hydrogen) atoms. The lowest BCUT2D eigenvalue weighted by molar-refractivity contribution is 0.115. The van der Waals surface area contributed by atoms with Crippen molar-refractivity contribution >= 4 is 43.1 Å². The van der Waals surface area contributed by atoms with Crippen molar-refractivity contribution < 1.29 is 9.16 Å². The van der Waals surface area contributed by atoms with Crippen LogP contribution in [0.15, 0.2) is 18.2 Å². The monoisotopic (exact) mass is 583 g/mol. The highest BCUT2D eigenvalue weighted by molar-refractivity contribution is 6.74. The first kappa shape index (κ1) is 29.9. The molecule has 0 bridgehead atoms. The van der Waals surface area contributed by atoms with Crippen molar-refractivity contribution in [3.8, 4) is 28.5 Å². The Labute approximate surface area is 236 Å². The van der Waals surface area contributed by atoms with Crippen LogP contribution in [-0.2, 0) is 11.5 Å². The van der Waals surface area contributed by atoms with Gasteiger partial charge in [0.2, 0.25) is 0 Å². The molecule has 1 aromatic carbocycles. The van der Waals surface area contributed by atoms with Crippen LogP contribution < -0.4 is 10.1 Å². The Morgan fingerprint density at radius 3 is 2.30 bits per heavy atom. The van der Waals surface area contributed by atoms with Gasteiger partial charge >= 0.3 is 0 Å². The van der Waals surface area contributed by atoms with E-state index in [2.05, 4.69) is 49.3 Å². The Bertz CT molecular complexity index is 1270. The van der Waals surface area contributed by atoms with E-state index in [1.165, 1.54) is 0 Å². The predicted molar refractivity (Wildman–Crippen MR) is 156 cm³/mol. The summed E-state index contributed by atoms with van der Waals surface area (Å²) in [5.74, 6) is 1.03. The van der Waals surface area contributed by atoms with E-state index >= 15 is 0 Å². The van der Waals surface area contributed by atoms with Crippen molar-refractivity contribution in [3.05, 3.63) is 44.7 Å². The average Bonchev–Trinajstić information content (AvgIpc) is 3.05. The molecule has 0 saturated heterocycles. The molecule has 0 aliphatic rings. The van der Waals surface area contributed by atoms with Gasteiger partial charge in [-0.1, -0.05) is 55.6 Å². The number of benzene rings is 1. The van der Waals surface area contributed by atoms with Gasteiger partial charge in [-0.15, -0.1) is 0 Å². The summed E-state index contributed by atoms with van der Waals surface area (Å²) >= 11 is 19.4. The predicted octanol–water partition coefficient (Wildman–Crippen LogP) is 7.11. The van der Waals surface area contributed by atoms with E-state index in [0.29, 0.717) is 51.3 Å². The van der Waals surface area contributed by atoms with E-state index in [4.69, 9.17) is 48.9 Å². The maximum Gasteiger partial charge on any atom is 0.192 e. The Morgan fingerprint density at radius 2 is 1.73 bits per heavy atom. The van der Waals surface area contributed by atoms with Crippen LogP contribution in [0.5, 0.6) is 5.75 Å². The lowest BCUT2D eigenvalue weighted by Crippen LogP contribution is -2.47. The van der Waals surface area contributed by atoms with Gasteiger partial charge in [0, 0.05) is 30.3 Å². The average molecular weight is 585 g/mol. The summed E-state index contributed by atoms with van der Waals surface area (Å²) in [4.78, 5) is 9.35. The Morgan fingerprint density at radius 1 is 1.05 bits per heavy atom. The zero-order chi connectivity index (χ0) is 27.7. The topological polar surface area (TPSA) is 74.1 Å². The third-order valence-electron chi connectivity index (χ3n) is 6.85. The molecule has 0 saturated carbocycles. The highest BCUT2D eigenvalue weighted by atomic mass is 35.5. The number of hydrogen-bond acceptors (Lipinski definition) is 6. The summed E-state index contributed by atoms with van der Waals surface area (Å²) in [6, 6.07) is 5.44. The van der Waals surface area contributed by atoms with Crippen LogP contribution in [0, 0.1) is 13.8 Å². The van der Waals surface area contributed by atoms with Gasteiger partial charge in [0.1, 0.15) is 17.5 Å². The van der Waals surface area contributed by atoms with Crippen molar-refractivity contribution in [1.29, 1.82) is 0 Å². The molecule has 0 amide bonds. The Kier molecular flexibility index (Phi) is 9.36. The van der Waals surface area contributed by atoms with Crippen molar-refractivity contribution in [2.24, 2.45) is 7.05 Å². The van der Waals surface area contributed by atoms with Crippen LogP contribution in [-0.4, -0.2) is 54.4 Å². The third-order valence-corrected chi connectivity index (χ3v) is 12.4. The normalized spacial score (nSPS) is 13.2. The molecule has 0 spiro atoms. The van der Waals surface area contributed by atoms with Gasteiger partial charge in [-0.25, -0.2) is 9.97 Å². The summed E-state index contributed by atoms with van der Waals surface area (Å²) in [6.45, 7) is 16.0. The molecule has 1 N–H and O–H groups in total. The number of rotatable bonds is 9. The molecule has 0 aliphatic carbocycles. The molecular formula is C26H36Cl3N5O2Si. The molecule has 0 aliphatic heterocycles. The minimum atomic E-state index is -1.97. The van der Waals surface area contributed by atoms with Crippen molar-refractivity contribution in [2.75, 3.05) is 20.2 Å². The number of nitrogens with one attached hydrogen (secondary N) is 1. The first-order chi connectivity index (χ1) is 17.2. The van der Waals surface area contributed by atoms with Gasteiger partial charge in [-0.05, 0) is 57.2 Å². The van der Waals surface area contributed by atoms with Crippen LogP contribution in [0.25, 0.3) is 22.8 Å². The summed E-state index contributed by atoms with van der Waals surface area (Å²) < 4.78 is 14.5. The molecule has 2 aromatic heterocycles. The smallest absolute Gasteiger partial charge is 0.192 e. The Balaban J connectivity index is 1.93. The second-order valence-corrected chi connectivity index (χ2v) is 16.6. The van der Waals surface area contributed by atoms with E-state index in [1.54, 1.807) is 10.7 Å². The summed E-state index contributed by atoms with van der Waals surface area (Å²) in [7, 11) is 1.76. The minimum absolute atomic E-state index is 0.0979. The van der Waals surface area contributed by atoms with Crippen molar-refractivity contribution in [2.45, 2.75) is 58.9 Å². The van der Waals surface area contributed by atoms with Gasteiger partial charge < -0.3 is 14.5 Å². The fourth-order valence-electron chi connectivity index (χ4n) is 3.68. The number of likely N-dealkylation sites (N-methyl/N-ethyl adjacent to an activating group) is 1. The van der Waals surface area contributed by atoms with Crippen LogP contribution in [0.3, 0.4) is 0 Å². The molecule has 3 aromatic rings. The standard InChI is InChI=1S/C26H36Cl3N5O2Si/c1-15-21(22-16(2)24(29)33-34(22)7)31-25(32-23(15)28)19-12-17(10-11-20(19)27)35-14-18(13-30-6)36-37(8,9)26(3,4)5/h10-12,18,30H,13-14H2,1-9H3/t18-/m1/s1. The van der Waals surface area contributed by atoms with E-state index in [0.717, 1.165) is 16.8 Å². The molecule has 7 nitrogen and oxygen atoms in total. The molecule has 11 heteroatoms. The maximum absolute atomic E-state index is 6.59. The number of nitrogens with zero attached hydrogens (tertiary/aromatic N) is 4. The molecule has 0 unspecified atom stereocenters. The maximum atomic E-state index is 6.59. The fourth-order valence-corrected chi connectivity index (χ4v) is 5.59. The zero-order valence-electron chi connectivity index (χ0n) is 23.0. The Hall–Kier alpha value is -1.68. The van der Waals surface area contributed by atoms with Gasteiger partial charge in [-0.2, -0.15) is 5.10 Å².